The summed E-state index contributed by atoms with van der Waals surface area (Å²) in [6.07, 6.45) is 3.05. The van der Waals surface area contributed by atoms with Crippen molar-refractivity contribution in [3.63, 3.8) is 0 Å². The second-order valence-electron chi connectivity index (χ2n) is 6.01. The van der Waals surface area contributed by atoms with Gasteiger partial charge in [-0.3, -0.25) is 4.79 Å². The maximum absolute atomic E-state index is 13.8. The zero-order valence-electron chi connectivity index (χ0n) is 11.3. The molecule has 1 aromatic rings. The summed E-state index contributed by atoms with van der Waals surface area (Å²) in [6, 6.07) is 1.96. The zero-order valence-corrected chi connectivity index (χ0v) is 11.3. The SMILES string of the molecule is Cc1cc(F)c(NC(=O)C2C3CCC(C3)C2N)cc1F. The molecule has 0 radical (unpaired) electrons. The highest BCUT2D eigenvalue weighted by Gasteiger charge is 2.49. The quantitative estimate of drug-likeness (QED) is 0.875. The summed E-state index contributed by atoms with van der Waals surface area (Å²) in [6.45, 7) is 1.48. The number of aryl methyl sites for hydroxylation is 1. The van der Waals surface area contributed by atoms with Gasteiger partial charge in [-0.15, -0.1) is 0 Å². The van der Waals surface area contributed by atoms with Crippen LogP contribution < -0.4 is 11.1 Å². The van der Waals surface area contributed by atoms with Crippen LogP contribution in [-0.2, 0) is 4.79 Å². The average molecular weight is 280 g/mol. The Morgan fingerprint density at radius 2 is 1.95 bits per heavy atom. The van der Waals surface area contributed by atoms with Gasteiger partial charge in [0, 0.05) is 12.1 Å². The van der Waals surface area contributed by atoms with Crippen LogP contribution in [0.1, 0.15) is 24.8 Å². The zero-order chi connectivity index (χ0) is 14.4. The summed E-state index contributed by atoms with van der Waals surface area (Å²) in [5.41, 5.74) is 6.20. The number of nitrogens with two attached hydrogens (primary N) is 1. The van der Waals surface area contributed by atoms with E-state index in [-0.39, 0.29) is 35.0 Å². The summed E-state index contributed by atoms with van der Waals surface area (Å²) >= 11 is 0. The van der Waals surface area contributed by atoms with Crippen molar-refractivity contribution >= 4 is 11.6 Å². The van der Waals surface area contributed by atoms with Crippen LogP contribution in [0.2, 0.25) is 0 Å². The third-order valence-electron chi connectivity index (χ3n) is 4.79. The van der Waals surface area contributed by atoms with E-state index in [1.807, 2.05) is 0 Å². The molecule has 20 heavy (non-hydrogen) atoms. The van der Waals surface area contributed by atoms with E-state index in [0.717, 1.165) is 31.4 Å². The number of anilines is 1. The normalized spacial score (nSPS) is 31.6. The predicted octanol–water partition coefficient (Wildman–Crippen LogP) is 2.59. The first kappa shape index (κ1) is 13.5. The molecular weight excluding hydrogens is 262 g/mol. The molecule has 5 heteroatoms. The Kier molecular flexibility index (Phi) is 3.24. The summed E-state index contributed by atoms with van der Waals surface area (Å²) < 4.78 is 27.2. The summed E-state index contributed by atoms with van der Waals surface area (Å²) in [5.74, 6) is -1.03. The van der Waals surface area contributed by atoms with Crippen molar-refractivity contribution in [2.24, 2.45) is 23.5 Å². The first-order chi connectivity index (χ1) is 9.47. The molecule has 0 spiro atoms. The molecule has 0 aliphatic heterocycles. The van der Waals surface area contributed by atoms with E-state index in [2.05, 4.69) is 5.32 Å². The minimum atomic E-state index is -0.617. The number of carbonyl (C=O) groups excluding carboxylic acids is 1. The number of amides is 1. The van der Waals surface area contributed by atoms with Crippen LogP contribution in [0.15, 0.2) is 12.1 Å². The van der Waals surface area contributed by atoms with Gasteiger partial charge in [0.1, 0.15) is 11.6 Å². The monoisotopic (exact) mass is 280 g/mol. The lowest BCUT2D eigenvalue weighted by atomic mass is 9.84. The second kappa shape index (κ2) is 4.81. The van der Waals surface area contributed by atoms with E-state index in [1.54, 1.807) is 0 Å². The van der Waals surface area contributed by atoms with Crippen LogP contribution in [0.3, 0.4) is 0 Å². The molecule has 2 fully saturated rings. The lowest BCUT2D eigenvalue weighted by Crippen LogP contribution is -2.42. The van der Waals surface area contributed by atoms with Gasteiger partial charge in [-0.2, -0.15) is 0 Å². The van der Waals surface area contributed by atoms with Crippen LogP contribution in [0.5, 0.6) is 0 Å². The lowest BCUT2D eigenvalue weighted by Gasteiger charge is -2.27. The first-order valence-electron chi connectivity index (χ1n) is 6.99. The van der Waals surface area contributed by atoms with Gasteiger partial charge in [-0.25, -0.2) is 8.78 Å². The lowest BCUT2D eigenvalue weighted by molar-refractivity contribution is -0.121. The number of nitrogens with one attached hydrogen (secondary N) is 1. The topological polar surface area (TPSA) is 55.1 Å². The maximum atomic E-state index is 13.8. The Hall–Kier alpha value is -1.49. The van der Waals surface area contributed by atoms with Gasteiger partial charge >= 0.3 is 0 Å². The molecule has 0 saturated heterocycles. The molecule has 2 aliphatic carbocycles. The highest BCUT2D eigenvalue weighted by atomic mass is 19.1. The summed E-state index contributed by atoms with van der Waals surface area (Å²) in [4.78, 5) is 12.3. The maximum Gasteiger partial charge on any atom is 0.229 e. The average Bonchev–Trinajstić information content (AvgIpc) is 2.96. The minimum Gasteiger partial charge on any atom is -0.327 e. The van der Waals surface area contributed by atoms with Crippen molar-refractivity contribution < 1.29 is 13.6 Å². The summed E-state index contributed by atoms with van der Waals surface area (Å²) in [5, 5.41) is 2.50. The van der Waals surface area contributed by atoms with Crippen LogP contribution in [0.25, 0.3) is 0 Å². The molecule has 1 aromatic carbocycles. The van der Waals surface area contributed by atoms with Crippen molar-refractivity contribution in [1.82, 2.24) is 0 Å². The van der Waals surface area contributed by atoms with Crippen LogP contribution in [0.4, 0.5) is 14.5 Å². The molecule has 3 N–H and O–H groups in total. The number of hydrogen-bond donors (Lipinski definition) is 2. The fourth-order valence-corrected chi connectivity index (χ4v) is 3.68. The van der Waals surface area contributed by atoms with E-state index in [9.17, 15) is 13.6 Å². The smallest absolute Gasteiger partial charge is 0.229 e. The molecule has 4 atom stereocenters. The van der Waals surface area contributed by atoms with Gasteiger partial charge in [0.05, 0.1) is 11.6 Å². The Balaban J connectivity index is 1.78. The van der Waals surface area contributed by atoms with Crippen molar-refractivity contribution in [3.05, 3.63) is 29.3 Å². The van der Waals surface area contributed by atoms with Crippen molar-refractivity contribution in [1.29, 1.82) is 0 Å². The van der Waals surface area contributed by atoms with E-state index in [1.165, 1.54) is 6.92 Å². The number of hydrogen-bond acceptors (Lipinski definition) is 2. The summed E-state index contributed by atoms with van der Waals surface area (Å²) in [7, 11) is 0. The van der Waals surface area contributed by atoms with Gasteiger partial charge in [-0.1, -0.05) is 0 Å². The highest BCUT2D eigenvalue weighted by Crippen LogP contribution is 2.47. The van der Waals surface area contributed by atoms with Gasteiger partial charge in [-0.05, 0) is 49.7 Å². The number of fused-ring (bicyclic) bond motifs is 2. The molecule has 3 rings (SSSR count). The third-order valence-corrected chi connectivity index (χ3v) is 4.79. The predicted molar refractivity (Wildman–Crippen MR) is 72.0 cm³/mol. The molecule has 108 valence electrons. The fraction of sp³-hybridized carbons (Fsp3) is 0.533. The van der Waals surface area contributed by atoms with Gasteiger partial charge < -0.3 is 11.1 Å². The minimum absolute atomic E-state index is 0.104. The fourth-order valence-electron chi connectivity index (χ4n) is 3.68. The number of carbonyl (C=O) groups is 1. The first-order valence-corrected chi connectivity index (χ1v) is 6.99. The molecule has 0 aromatic heterocycles. The Morgan fingerprint density at radius 3 is 2.60 bits per heavy atom. The largest absolute Gasteiger partial charge is 0.327 e. The molecular formula is C15H18F2N2O. The number of rotatable bonds is 2. The molecule has 3 nitrogen and oxygen atoms in total. The highest BCUT2D eigenvalue weighted by molar-refractivity contribution is 5.93. The van der Waals surface area contributed by atoms with Crippen molar-refractivity contribution in [2.45, 2.75) is 32.2 Å². The molecule has 0 heterocycles. The van der Waals surface area contributed by atoms with Crippen molar-refractivity contribution in [3.8, 4) is 0 Å². The number of benzene rings is 1. The third kappa shape index (κ3) is 2.10. The Bertz CT molecular complexity index is 559. The second-order valence-corrected chi connectivity index (χ2v) is 6.01. The van der Waals surface area contributed by atoms with E-state index in [4.69, 9.17) is 5.73 Å². The van der Waals surface area contributed by atoms with Crippen LogP contribution in [0, 0.1) is 36.3 Å². The van der Waals surface area contributed by atoms with Crippen LogP contribution in [-0.4, -0.2) is 11.9 Å². The number of halogens is 2. The molecule has 2 bridgehead atoms. The van der Waals surface area contributed by atoms with Gasteiger partial charge in [0.15, 0.2) is 0 Å². The van der Waals surface area contributed by atoms with E-state index >= 15 is 0 Å². The molecule has 4 unspecified atom stereocenters. The molecule has 2 aliphatic rings. The van der Waals surface area contributed by atoms with Gasteiger partial charge in [0.2, 0.25) is 5.91 Å². The van der Waals surface area contributed by atoms with Crippen LogP contribution >= 0.6 is 0 Å². The molecule has 1 amide bonds. The Labute approximate surface area is 116 Å². The Morgan fingerprint density at radius 1 is 1.25 bits per heavy atom. The molecule has 2 saturated carbocycles. The van der Waals surface area contributed by atoms with Gasteiger partial charge in [0.25, 0.3) is 0 Å². The van der Waals surface area contributed by atoms with Crippen molar-refractivity contribution in [2.75, 3.05) is 5.32 Å². The standard InChI is InChI=1S/C15H18F2N2O/c1-7-4-11(17)12(6-10(7)16)19-15(20)13-8-2-3-9(5-8)14(13)18/h4,6,8-9,13-14H,2-3,5,18H2,1H3,(H,19,20). The van der Waals surface area contributed by atoms with E-state index in [0.29, 0.717) is 5.92 Å². The van der Waals surface area contributed by atoms with E-state index < -0.39 is 11.6 Å².